The van der Waals surface area contributed by atoms with Crippen LogP contribution in [0.25, 0.3) is 0 Å². The monoisotopic (exact) mass is 219 g/mol. The third-order valence-electron chi connectivity index (χ3n) is 3.85. The number of ether oxygens (including phenoxy) is 1. The molecule has 0 radical (unpaired) electrons. The summed E-state index contributed by atoms with van der Waals surface area (Å²) in [5, 5.41) is 3.52. The number of hydrogen-bond donors (Lipinski definition) is 1. The number of nitrogens with one attached hydrogen (secondary N) is 1. The molecule has 1 atom stereocenters. The topological polar surface area (TPSA) is 21.3 Å². The van der Waals surface area contributed by atoms with Crippen molar-refractivity contribution in [1.82, 2.24) is 5.32 Å². The van der Waals surface area contributed by atoms with Crippen LogP contribution < -0.4 is 10.1 Å². The molecule has 0 aromatic heterocycles. The van der Waals surface area contributed by atoms with Gasteiger partial charge in [0, 0.05) is 12.6 Å². The first-order chi connectivity index (χ1) is 7.47. The van der Waals surface area contributed by atoms with Gasteiger partial charge < -0.3 is 10.1 Å². The number of benzene rings is 1. The highest BCUT2D eigenvalue weighted by Gasteiger charge is 2.39. The Hall–Kier alpha value is -1.02. The van der Waals surface area contributed by atoms with Gasteiger partial charge in [-0.15, -0.1) is 0 Å². The molecule has 1 aromatic rings. The lowest BCUT2D eigenvalue weighted by molar-refractivity contribution is 0.127. The normalized spacial score (nSPS) is 22.7. The summed E-state index contributed by atoms with van der Waals surface area (Å²) in [6.07, 6.45) is 0. The van der Waals surface area contributed by atoms with Gasteiger partial charge in [0.1, 0.15) is 5.75 Å². The zero-order chi connectivity index (χ0) is 11.9. The molecule has 0 bridgehead atoms. The second kappa shape index (κ2) is 3.77. The van der Waals surface area contributed by atoms with Crippen LogP contribution in [0, 0.1) is 19.3 Å². The highest BCUT2D eigenvalue weighted by Crippen LogP contribution is 2.42. The van der Waals surface area contributed by atoms with Crippen LogP contribution in [0.5, 0.6) is 5.75 Å². The Balaban J connectivity index is 2.40. The van der Waals surface area contributed by atoms with Crippen molar-refractivity contribution in [3.8, 4) is 5.75 Å². The first-order valence-corrected chi connectivity index (χ1v) is 5.85. The first kappa shape index (κ1) is 11.5. The largest absolute Gasteiger partial charge is 0.496 e. The van der Waals surface area contributed by atoms with Crippen molar-refractivity contribution in [2.75, 3.05) is 13.7 Å². The van der Waals surface area contributed by atoms with E-state index < -0.39 is 0 Å². The van der Waals surface area contributed by atoms with Gasteiger partial charge >= 0.3 is 0 Å². The van der Waals surface area contributed by atoms with Crippen molar-refractivity contribution in [2.45, 2.75) is 33.7 Å². The predicted octanol–water partition coefficient (Wildman–Crippen LogP) is 2.98. The molecule has 16 heavy (non-hydrogen) atoms. The van der Waals surface area contributed by atoms with Crippen LogP contribution in [0.1, 0.15) is 36.6 Å². The molecular formula is C14H21NO. The Morgan fingerprint density at radius 2 is 1.94 bits per heavy atom. The molecule has 1 aromatic carbocycles. The molecule has 0 aliphatic carbocycles. The molecule has 0 saturated carbocycles. The highest BCUT2D eigenvalue weighted by molar-refractivity contribution is 5.45. The first-order valence-electron chi connectivity index (χ1n) is 5.85. The number of rotatable bonds is 2. The molecule has 1 aliphatic rings. The minimum atomic E-state index is 0.367. The van der Waals surface area contributed by atoms with E-state index in [0.717, 1.165) is 12.3 Å². The van der Waals surface area contributed by atoms with Crippen molar-refractivity contribution < 1.29 is 4.74 Å². The van der Waals surface area contributed by atoms with Crippen molar-refractivity contribution in [2.24, 2.45) is 5.41 Å². The second-order valence-electron chi connectivity index (χ2n) is 5.41. The summed E-state index contributed by atoms with van der Waals surface area (Å²) >= 11 is 0. The molecule has 2 rings (SSSR count). The molecule has 1 aliphatic heterocycles. The lowest BCUT2D eigenvalue weighted by atomic mass is 9.72. The standard InChI is InChI=1S/C14H21NO/c1-9-10(2)12(16-5)7-6-11(9)13-14(3,4)8-15-13/h6-7,13,15H,8H2,1-5H3. The minimum Gasteiger partial charge on any atom is -0.496 e. The molecule has 0 amide bonds. The van der Waals surface area contributed by atoms with Gasteiger partial charge in [-0.05, 0) is 42.0 Å². The van der Waals surface area contributed by atoms with E-state index in [1.807, 2.05) is 0 Å². The van der Waals surface area contributed by atoms with Crippen LogP contribution in [0.4, 0.5) is 0 Å². The van der Waals surface area contributed by atoms with Crippen LogP contribution in [0.2, 0.25) is 0 Å². The van der Waals surface area contributed by atoms with Crippen LogP contribution in [0.3, 0.4) is 0 Å². The number of hydrogen-bond acceptors (Lipinski definition) is 2. The SMILES string of the molecule is COc1ccc(C2NCC2(C)C)c(C)c1C. The zero-order valence-electron chi connectivity index (χ0n) is 10.8. The van der Waals surface area contributed by atoms with Crippen LogP contribution in [0.15, 0.2) is 12.1 Å². The van der Waals surface area contributed by atoms with Gasteiger partial charge in [-0.25, -0.2) is 0 Å². The van der Waals surface area contributed by atoms with E-state index >= 15 is 0 Å². The Bertz CT molecular complexity index is 409. The summed E-state index contributed by atoms with van der Waals surface area (Å²) in [5.74, 6) is 0.985. The minimum absolute atomic E-state index is 0.367. The van der Waals surface area contributed by atoms with Gasteiger partial charge in [-0.1, -0.05) is 19.9 Å². The smallest absolute Gasteiger partial charge is 0.122 e. The Labute approximate surface area is 98.0 Å². The fraction of sp³-hybridized carbons (Fsp3) is 0.571. The quantitative estimate of drug-likeness (QED) is 0.825. The van der Waals surface area contributed by atoms with E-state index in [9.17, 15) is 0 Å². The van der Waals surface area contributed by atoms with E-state index in [-0.39, 0.29) is 0 Å². The third kappa shape index (κ3) is 1.61. The third-order valence-corrected chi connectivity index (χ3v) is 3.85. The lowest BCUT2D eigenvalue weighted by Gasteiger charge is -2.46. The van der Waals surface area contributed by atoms with E-state index in [4.69, 9.17) is 4.74 Å². The van der Waals surface area contributed by atoms with Crippen molar-refractivity contribution in [1.29, 1.82) is 0 Å². The van der Waals surface area contributed by atoms with Crippen molar-refractivity contribution in [3.05, 3.63) is 28.8 Å². The summed E-state index contributed by atoms with van der Waals surface area (Å²) in [6, 6.07) is 4.75. The van der Waals surface area contributed by atoms with Crippen molar-refractivity contribution in [3.63, 3.8) is 0 Å². The second-order valence-corrected chi connectivity index (χ2v) is 5.41. The summed E-state index contributed by atoms with van der Waals surface area (Å²) < 4.78 is 5.34. The molecule has 1 saturated heterocycles. The summed E-state index contributed by atoms with van der Waals surface area (Å²) in [4.78, 5) is 0. The van der Waals surface area contributed by atoms with Gasteiger partial charge in [0.15, 0.2) is 0 Å². The lowest BCUT2D eigenvalue weighted by Crippen LogP contribution is -2.52. The van der Waals surface area contributed by atoms with E-state index in [1.165, 1.54) is 16.7 Å². The predicted molar refractivity (Wildman–Crippen MR) is 67.0 cm³/mol. The maximum atomic E-state index is 5.34. The Morgan fingerprint density at radius 3 is 2.38 bits per heavy atom. The molecule has 0 spiro atoms. The zero-order valence-corrected chi connectivity index (χ0v) is 10.8. The van der Waals surface area contributed by atoms with Crippen LogP contribution in [-0.4, -0.2) is 13.7 Å². The van der Waals surface area contributed by atoms with Gasteiger partial charge in [0.25, 0.3) is 0 Å². The van der Waals surface area contributed by atoms with Crippen molar-refractivity contribution >= 4 is 0 Å². The van der Waals surface area contributed by atoms with E-state index in [1.54, 1.807) is 7.11 Å². The molecule has 1 heterocycles. The summed E-state index contributed by atoms with van der Waals surface area (Å²) in [6.45, 7) is 10.0. The van der Waals surface area contributed by atoms with Crippen LogP contribution >= 0.6 is 0 Å². The van der Waals surface area contributed by atoms with E-state index in [2.05, 4.69) is 45.1 Å². The molecular weight excluding hydrogens is 198 g/mol. The molecule has 88 valence electrons. The fourth-order valence-corrected chi connectivity index (χ4v) is 2.49. The van der Waals surface area contributed by atoms with Gasteiger partial charge in [0.05, 0.1) is 7.11 Å². The maximum Gasteiger partial charge on any atom is 0.122 e. The molecule has 1 N–H and O–H groups in total. The highest BCUT2D eigenvalue weighted by atomic mass is 16.5. The van der Waals surface area contributed by atoms with E-state index in [0.29, 0.717) is 11.5 Å². The average Bonchev–Trinajstić information content (AvgIpc) is 2.24. The van der Waals surface area contributed by atoms with Gasteiger partial charge in [-0.2, -0.15) is 0 Å². The van der Waals surface area contributed by atoms with Gasteiger partial charge in [0.2, 0.25) is 0 Å². The average molecular weight is 219 g/mol. The number of methoxy groups -OCH3 is 1. The Morgan fingerprint density at radius 1 is 1.25 bits per heavy atom. The summed E-state index contributed by atoms with van der Waals surface area (Å²) in [7, 11) is 1.73. The fourth-order valence-electron chi connectivity index (χ4n) is 2.49. The summed E-state index contributed by atoms with van der Waals surface area (Å²) in [5.41, 5.74) is 4.38. The molecule has 1 unspecified atom stereocenters. The molecule has 2 nitrogen and oxygen atoms in total. The molecule has 1 fully saturated rings. The molecule has 2 heteroatoms. The maximum absolute atomic E-state index is 5.34. The van der Waals surface area contributed by atoms with Crippen LogP contribution in [-0.2, 0) is 0 Å². The Kier molecular flexibility index (Phi) is 2.70. The van der Waals surface area contributed by atoms with Gasteiger partial charge in [-0.3, -0.25) is 0 Å².